The van der Waals surface area contributed by atoms with E-state index in [1.807, 2.05) is 0 Å². The SMILES string of the molecule is CCN1CCN2Cc3c(c4cc(OC)c(OC)cc4c4cc(OC)ccc34)C[C@H]2C1. The van der Waals surface area contributed by atoms with E-state index in [1.165, 1.54) is 32.7 Å². The van der Waals surface area contributed by atoms with E-state index >= 15 is 0 Å². The summed E-state index contributed by atoms with van der Waals surface area (Å²) in [7, 11) is 5.13. The van der Waals surface area contributed by atoms with Crippen molar-refractivity contribution in [3.63, 3.8) is 0 Å². The monoisotopic (exact) mass is 406 g/mol. The fourth-order valence-corrected chi connectivity index (χ4v) is 5.31. The van der Waals surface area contributed by atoms with Gasteiger partial charge in [0.2, 0.25) is 0 Å². The van der Waals surface area contributed by atoms with Gasteiger partial charge in [0.05, 0.1) is 21.3 Å². The minimum atomic E-state index is 0.568. The van der Waals surface area contributed by atoms with Gasteiger partial charge in [-0.2, -0.15) is 0 Å². The molecule has 0 radical (unpaired) electrons. The highest BCUT2D eigenvalue weighted by Crippen LogP contribution is 2.43. The lowest BCUT2D eigenvalue weighted by molar-refractivity contribution is 0.0646. The molecule has 3 aromatic rings. The summed E-state index contributed by atoms with van der Waals surface area (Å²) in [5, 5.41) is 5.02. The number of hydrogen-bond acceptors (Lipinski definition) is 5. The van der Waals surface area contributed by atoms with Crippen molar-refractivity contribution >= 4 is 21.5 Å². The Bertz CT molecular complexity index is 1110. The zero-order chi connectivity index (χ0) is 20.8. The average Bonchev–Trinajstić information content (AvgIpc) is 2.81. The predicted molar refractivity (Wildman–Crippen MR) is 121 cm³/mol. The molecule has 1 saturated heterocycles. The molecule has 5 heteroatoms. The molecule has 30 heavy (non-hydrogen) atoms. The van der Waals surface area contributed by atoms with Gasteiger partial charge in [0.25, 0.3) is 0 Å². The number of piperazine rings is 1. The van der Waals surface area contributed by atoms with Crippen LogP contribution in [0.2, 0.25) is 0 Å². The Morgan fingerprint density at radius 1 is 0.833 bits per heavy atom. The topological polar surface area (TPSA) is 34.2 Å². The molecule has 0 N–H and O–H groups in total. The summed E-state index contributed by atoms with van der Waals surface area (Å²) in [4.78, 5) is 5.24. The molecule has 158 valence electrons. The van der Waals surface area contributed by atoms with Crippen molar-refractivity contribution in [2.45, 2.75) is 25.9 Å². The maximum Gasteiger partial charge on any atom is 0.161 e. The molecule has 5 rings (SSSR count). The van der Waals surface area contributed by atoms with Crippen LogP contribution in [-0.2, 0) is 13.0 Å². The number of rotatable bonds is 4. The van der Waals surface area contributed by atoms with Crippen LogP contribution in [0.4, 0.5) is 0 Å². The second-order valence-electron chi connectivity index (χ2n) is 8.34. The molecule has 0 unspecified atom stereocenters. The van der Waals surface area contributed by atoms with Crippen molar-refractivity contribution in [1.29, 1.82) is 0 Å². The van der Waals surface area contributed by atoms with Crippen LogP contribution in [0.15, 0.2) is 30.3 Å². The van der Waals surface area contributed by atoms with Gasteiger partial charge in [-0.25, -0.2) is 0 Å². The molecule has 2 aliphatic rings. The normalized spacial score (nSPS) is 19.5. The average molecular weight is 407 g/mol. The van der Waals surface area contributed by atoms with Gasteiger partial charge in [-0.3, -0.25) is 4.90 Å². The number of fused-ring (bicyclic) bond motifs is 7. The third-order valence-corrected chi connectivity index (χ3v) is 6.99. The van der Waals surface area contributed by atoms with Gasteiger partial charge in [0, 0.05) is 32.2 Å². The van der Waals surface area contributed by atoms with Gasteiger partial charge in [0.1, 0.15) is 5.75 Å². The summed E-state index contributed by atoms with van der Waals surface area (Å²) in [6, 6.07) is 11.3. The molecule has 1 atom stereocenters. The molecule has 0 amide bonds. The molecule has 3 aromatic carbocycles. The van der Waals surface area contributed by atoms with Gasteiger partial charge < -0.3 is 19.1 Å². The fraction of sp³-hybridized carbons (Fsp3) is 0.440. The first-order chi connectivity index (χ1) is 14.7. The first kappa shape index (κ1) is 19.5. The zero-order valence-corrected chi connectivity index (χ0v) is 18.3. The second-order valence-corrected chi connectivity index (χ2v) is 8.34. The number of benzene rings is 3. The Balaban J connectivity index is 1.78. The maximum absolute atomic E-state index is 5.67. The molecule has 5 nitrogen and oxygen atoms in total. The molecule has 0 spiro atoms. The minimum Gasteiger partial charge on any atom is -0.497 e. The van der Waals surface area contributed by atoms with E-state index in [0.717, 1.165) is 56.4 Å². The van der Waals surface area contributed by atoms with E-state index < -0.39 is 0 Å². The van der Waals surface area contributed by atoms with Crippen molar-refractivity contribution < 1.29 is 14.2 Å². The molecule has 0 bridgehead atoms. The van der Waals surface area contributed by atoms with Crippen LogP contribution < -0.4 is 14.2 Å². The summed E-state index contributed by atoms with van der Waals surface area (Å²) < 4.78 is 16.9. The van der Waals surface area contributed by atoms with Gasteiger partial charge in [-0.15, -0.1) is 0 Å². The van der Waals surface area contributed by atoms with Gasteiger partial charge in [-0.1, -0.05) is 13.0 Å². The third-order valence-electron chi connectivity index (χ3n) is 6.99. The van der Waals surface area contributed by atoms with E-state index in [2.05, 4.69) is 47.1 Å². The third kappa shape index (κ3) is 2.99. The van der Waals surface area contributed by atoms with E-state index in [0.29, 0.717) is 6.04 Å². The van der Waals surface area contributed by atoms with E-state index in [4.69, 9.17) is 14.2 Å². The number of likely N-dealkylation sites (N-methyl/N-ethyl adjacent to an activating group) is 1. The Labute approximate surface area is 178 Å². The summed E-state index contributed by atoms with van der Waals surface area (Å²) in [5.41, 5.74) is 2.91. The summed E-state index contributed by atoms with van der Waals surface area (Å²) in [6.07, 6.45) is 1.07. The van der Waals surface area contributed by atoms with Crippen LogP contribution in [0.3, 0.4) is 0 Å². The van der Waals surface area contributed by atoms with E-state index in [1.54, 1.807) is 21.3 Å². The molecule has 2 aliphatic heterocycles. The van der Waals surface area contributed by atoms with Crippen molar-refractivity contribution in [3.8, 4) is 17.2 Å². The van der Waals surface area contributed by atoms with Crippen LogP contribution in [0.5, 0.6) is 17.2 Å². The Kier molecular flexibility index (Phi) is 4.95. The molecule has 0 aromatic heterocycles. The van der Waals surface area contributed by atoms with E-state index in [9.17, 15) is 0 Å². The van der Waals surface area contributed by atoms with Crippen molar-refractivity contribution in [2.24, 2.45) is 0 Å². The Morgan fingerprint density at radius 3 is 2.27 bits per heavy atom. The number of nitrogens with zero attached hydrogens (tertiary/aromatic N) is 2. The van der Waals surface area contributed by atoms with Gasteiger partial charge >= 0.3 is 0 Å². The number of methoxy groups -OCH3 is 3. The molecular weight excluding hydrogens is 376 g/mol. The minimum absolute atomic E-state index is 0.568. The largest absolute Gasteiger partial charge is 0.497 e. The summed E-state index contributed by atoms with van der Waals surface area (Å²) in [6.45, 7) is 7.84. The maximum atomic E-state index is 5.67. The number of ether oxygens (including phenoxy) is 3. The van der Waals surface area contributed by atoms with Crippen molar-refractivity contribution in [2.75, 3.05) is 47.5 Å². The van der Waals surface area contributed by atoms with Gasteiger partial charge in [-0.05, 0) is 69.9 Å². The summed E-state index contributed by atoms with van der Waals surface area (Å²) in [5.74, 6) is 2.43. The van der Waals surface area contributed by atoms with Crippen LogP contribution in [-0.4, -0.2) is 63.4 Å². The van der Waals surface area contributed by atoms with Crippen molar-refractivity contribution in [3.05, 3.63) is 41.5 Å². The second kappa shape index (κ2) is 7.64. The first-order valence-electron chi connectivity index (χ1n) is 10.8. The quantitative estimate of drug-likeness (QED) is 0.610. The van der Waals surface area contributed by atoms with Crippen LogP contribution in [0.1, 0.15) is 18.1 Å². The van der Waals surface area contributed by atoms with E-state index in [-0.39, 0.29) is 0 Å². The van der Waals surface area contributed by atoms with Crippen LogP contribution in [0, 0.1) is 0 Å². The lowest BCUT2D eigenvalue weighted by Crippen LogP contribution is -2.55. The highest BCUT2D eigenvalue weighted by Gasteiger charge is 2.33. The Hall–Kier alpha value is -2.50. The first-order valence-corrected chi connectivity index (χ1v) is 10.8. The fourth-order valence-electron chi connectivity index (χ4n) is 5.31. The standard InChI is InChI=1S/C25H30N2O3/c1-5-26-8-9-27-15-23-18-7-6-17(28-2)11-20(18)22-13-25(30-4)24(29-3)12-21(22)19(23)10-16(27)14-26/h6-7,11-13,16H,5,8-10,14-15H2,1-4H3/t16-/m0/s1. The molecule has 2 heterocycles. The van der Waals surface area contributed by atoms with Crippen molar-refractivity contribution in [1.82, 2.24) is 9.80 Å². The highest BCUT2D eigenvalue weighted by molar-refractivity contribution is 6.12. The lowest BCUT2D eigenvalue weighted by Gasteiger charge is -2.45. The smallest absolute Gasteiger partial charge is 0.161 e. The molecule has 0 saturated carbocycles. The molecule has 0 aliphatic carbocycles. The predicted octanol–water partition coefficient (Wildman–Crippen LogP) is 4.08. The lowest BCUT2D eigenvalue weighted by atomic mass is 9.84. The molecular formula is C25H30N2O3. The summed E-state index contributed by atoms with van der Waals surface area (Å²) >= 11 is 0. The number of hydrogen-bond donors (Lipinski definition) is 0. The zero-order valence-electron chi connectivity index (χ0n) is 18.3. The highest BCUT2D eigenvalue weighted by atomic mass is 16.5. The molecule has 1 fully saturated rings. The van der Waals surface area contributed by atoms with Crippen LogP contribution >= 0.6 is 0 Å². The Morgan fingerprint density at radius 2 is 1.57 bits per heavy atom. The van der Waals surface area contributed by atoms with Crippen LogP contribution in [0.25, 0.3) is 21.5 Å². The van der Waals surface area contributed by atoms with Gasteiger partial charge in [0.15, 0.2) is 11.5 Å².